The number of benzene rings is 2. The maximum atomic E-state index is 13.1. The Morgan fingerprint density at radius 3 is 2.46 bits per heavy atom. The smallest absolute Gasteiger partial charge is 0.361 e. The molecule has 0 atom stereocenters. The molecule has 3 aromatic rings. The van der Waals surface area contributed by atoms with E-state index in [0.29, 0.717) is 29.5 Å². The maximum Gasteiger partial charge on any atom is 0.361 e. The van der Waals surface area contributed by atoms with Crippen molar-refractivity contribution in [2.45, 2.75) is 12.2 Å². The minimum Gasteiger partial charge on any atom is -0.423 e. The van der Waals surface area contributed by atoms with Gasteiger partial charge in [-0.2, -0.15) is 14.0 Å². The first-order valence-corrected chi connectivity index (χ1v) is 9.40. The number of hydrogen-bond acceptors (Lipinski definition) is 6. The van der Waals surface area contributed by atoms with Crippen molar-refractivity contribution < 1.29 is 21.6 Å². The van der Waals surface area contributed by atoms with Crippen molar-refractivity contribution in [3.05, 3.63) is 60.3 Å². The van der Waals surface area contributed by atoms with E-state index in [1.54, 1.807) is 30.3 Å². The summed E-state index contributed by atoms with van der Waals surface area (Å²) in [4.78, 5) is 4.07. The van der Waals surface area contributed by atoms with Crippen molar-refractivity contribution in [3.63, 3.8) is 0 Å². The molecule has 144 valence electrons. The third-order valence-electron chi connectivity index (χ3n) is 3.64. The molecule has 0 aliphatic carbocycles. The Morgan fingerprint density at radius 1 is 1.14 bits per heavy atom. The molecule has 3 rings (SSSR count). The Morgan fingerprint density at radius 2 is 1.82 bits per heavy atom. The molecule has 2 N–H and O–H groups in total. The molecule has 0 radical (unpaired) electrons. The summed E-state index contributed by atoms with van der Waals surface area (Å²) in [5.41, 5.74) is 1.57. The number of rotatable bonds is 6. The van der Waals surface area contributed by atoms with Crippen LogP contribution < -0.4 is 10.0 Å². The lowest BCUT2D eigenvalue weighted by atomic mass is 10.1. The molecular weight excluding hydrogens is 390 g/mol. The minimum atomic E-state index is -4.85. The highest BCUT2D eigenvalue weighted by Crippen LogP contribution is 2.27. The third-order valence-corrected chi connectivity index (χ3v) is 5.09. The standard InChI is InChI=1S/C18H14F2N4O3S/c1-18(19,20)28(25,26)24-15-4-2-3-14(9-15)23-17-22-11-16(27-17)13-7-5-12(10-21)6-8-13/h2-9,11,24H,1H3,(H,22,23). The van der Waals surface area contributed by atoms with Gasteiger partial charge in [0.2, 0.25) is 0 Å². The van der Waals surface area contributed by atoms with Crippen LogP contribution in [-0.4, -0.2) is 18.7 Å². The second-order valence-corrected chi connectivity index (χ2v) is 7.77. The number of hydrogen-bond donors (Lipinski definition) is 2. The van der Waals surface area contributed by atoms with Gasteiger partial charge in [0.15, 0.2) is 5.76 Å². The lowest BCUT2D eigenvalue weighted by molar-refractivity contribution is 0.115. The van der Waals surface area contributed by atoms with Gasteiger partial charge in [-0.1, -0.05) is 6.07 Å². The highest BCUT2D eigenvalue weighted by molar-refractivity contribution is 7.93. The summed E-state index contributed by atoms with van der Waals surface area (Å²) in [6.45, 7) is 0.300. The molecule has 0 amide bonds. The number of nitrogens with one attached hydrogen (secondary N) is 2. The Kier molecular flexibility index (Phi) is 5.02. The Labute approximate surface area is 159 Å². The molecule has 1 heterocycles. The molecule has 0 aliphatic rings. The van der Waals surface area contributed by atoms with E-state index < -0.39 is 15.3 Å². The molecule has 10 heteroatoms. The van der Waals surface area contributed by atoms with Crippen LogP contribution in [0.25, 0.3) is 11.3 Å². The van der Waals surface area contributed by atoms with Crippen molar-refractivity contribution in [1.29, 1.82) is 5.26 Å². The summed E-state index contributed by atoms with van der Waals surface area (Å²) in [5, 5.41) is 7.73. The Hall–Kier alpha value is -3.45. The van der Waals surface area contributed by atoms with Gasteiger partial charge >= 0.3 is 5.25 Å². The van der Waals surface area contributed by atoms with Gasteiger partial charge < -0.3 is 9.73 Å². The normalized spacial score (nSPS) is 11.6. The van der Waals surface area contributed by atoms with Gasteiger partial charge in [0.05, 0.1) is 23.5 Å². The van der Waals surface area contributed by atoms with Crippen LogP contribution in [0.5, 0.6) is 0 Å². The van der Waals surface area contributed by atoms with Crippen molar-refractivity contribution >= 4 is 27.4 Å². The highest BCUT2D eigenvalue weighted by atomic mass is 32.2. The van der Waals surface area contributed by atoms with Gasteiger partial charge in [0, 0.05) is 18.2 Å². The first kappa shape index (κ1) is 19.3. The van der Waals surface area contributed by atoms with E-state index >= 15 is 0 Å². The van der Waals surface area contributed by atoms with Crippen LogP contribution in [0.4, 0.5) is 26.2 Å². The molecule has 0 spiro atoms. The summed E-state index contributed by atoms with van der Waals surface area (Å²) in [7, 11) is -4.85. The van der Waals surface area contributed by atoms with Gasteiger partial charge in [-0.15, -0.1) is 0 Å². The monoisotopic (exact) mass is 404 g/mol. The van der Waals surface area contributed by atoms with Crippen LogP contribution in [0.2, 0.25) is 0 Å². The molecule has 0 unspecified atom stereocenters. The van der Waals surface area contributed by atoms with E-state index in [9.17, 15) is 17.2 Å². The van der Waals surface area contributed by atoms with E-state index in [1.807, 2.05) is 10.8 Å². The zero-order valence-electron chi connectivity index (χ0n) is 14.5. The predicted octanol–water partition coefficient (Wildman–Crippen LogP) is 4.31. The molecule has 0 saturated heterocycles. The van der Waals surface area contributed by atoms with Crippen molar-refractivity contribution in [1.82, 2.24) is 4.98 Å². The first-order chi connectivity index (χ1) is 13.2. The summed E-state index contributed by atoms with van der Waals surface area (Å²) < 4.78 is 56.8. The lowest BCUT2D eigenvalue weighted by Crippen LogP contribution is -2.31. The second-order valence-electron chi connectivity index (χ2n) is 5.84. The van der Waals surface area contributed by atoms with E-state index in [-0.39, 0.29) is 11.7 Å². The molecule has 28 heavy (non-hydrogen) atoms. The SMILES string of the molecule is CC(F)(F)S(=O)(=O)Nc1cccc(Nc2ncc(-c3ccc(C#N)cc3)o2)c1. The molecule has 1 aromatic heterocycles. The number of alkyl halides is 2. The summed E-state index contributed by atoms with van der Waals surface area (Å²) in [5.74, 6) is 0.453. The highest BCUT2D eigenvalue weighted by Gasteiger charge is 2.39. The number of anilines is 3. The molecule has 0 bridgehead atoms. The molecular formula is C18H14F2N4O3S. The Balaban J connectivity index is 1.76. The van der Waals surface area contributed by atoms with Crippen molar-refractivity contribution in [2.75, 3.05) is 10.0 Å². The van der Waals surface area contributed by atoms with Gasteiger partial charge in [0.25, 0.3) is 16.0 Å². The number of sulfonamides is 1. The predicted molar refractivity (Wildman–Crippen MR) is 99.5 cm³/mol. The van der Waals surface area contributed by atoms with Crippen molar-refractivity contribution in [3.8, 4) is 17.4 Å². The zero-order chi connectivity index (χ0) is 20.4. The van der Waals surface area contributed by atoms with Crippen LogP contribution >= 0.6 is 0 Å². The topological polar surface area (TPSA) is 108 Å². The van der Waals surface area contributed by atoms with Crippen LogP contribution in [0.1, 0.15) is 12.5 Å². The number of nitrogens with zero attached hydrogens (tertiary/aromatic N) is 2. The fourth-order valence-electron chi connectivity index (χ4n) is 2.20. The summed E-state index contributed by atoms with van der Waals surface area (Å²) in [6.07, 6.45) is 1.48. The number of aromatic nitrogens is 1. The van der Waals surface area contributed by atoms with Gasteiger partial charge in [-0.25, -0.2) is 13.4 Å². The average molecular weight is 404 g/mol. The Bertz CT molecular complexity index is 1130. The van der Waals surface area contributed by atoms with E-state index in [4.69, 9.17) is 9.68 Å². The maximum absolute atomic E-state index is 13.1. The van der Waals surface area contributed by atoms with E-state index in [2.05, 4.69) is 10.3 Å². The molecule has 7 nitrogen and oxygen atoms in total. The van der Waals surface area contributed by atoms with Crippen molar-refractivity contribution in [2.24, 2.45) is 0 Å². The number of oxazole rings is 1. The van der Waals surface area contributed by atoms with Crippen LogP contribution in [0.3, 0.4) is 0 Å². The fraction of sp³-hybridized carbons (Fsp3) is 0.111. The zero-order valence-corrected chi connectivity index (χ0v) is 15.3. The molecule has 2 aromatic carbocycles. The molecule has 0 aliphatic heterocycles. The largest absolute Gasteiger partial charge is 0.423 e. The van der Waals surface area contributed by atoms with E-state index in [1.165, 1.54) is 24.4 Å². The quantitative estimate of drug-likeness (QED) is 0.634. The molecule has 0 saturated carbocycles. The summed E-state index contributed by atoms with van der Waals surface area (Å²) in [6, 6.07) is 14.6. The average Bonchev–Trinajstić information content (AvgIpc) is 3.09. The van der Waals surface area contributed by atoms with E-state index in [0.717, 1.165) is 0 Å². The first-order valence-electron chi connectivity index (χ1n) is 7.91. The van der Waals surface area contributed by atoms with Crippen LogP contribution in [-0.2, 0) is 10.0 Å². The van der Waals surface area contributed by atoms with Gasteiger partial charge in [-0.3, -0.25) is 4.72 Å². The van der Waals surface area contributed by atoms with Gasteiger partial charge in [0.1, 0.15) is 0 Å². The fourth-order valence-corrected chi connectivity index (χ4v) is 2.82. The number of halogens is 2. The second kappa shape index (κ2) is 7.28. The van der Waals surface area contributed by atoms with Crippen LogP contribution in [0, 0.1) is 11.3 Å². The molecule has 0 fully saturated rings. The van der Waals surface area contributed by atoms with Gasteiger partial charge in [-0.05, 0) is 42.5 Å². The van der Waals surface area contributed by atoms with Crippen LogP contribution in [0.15, 0.2) is 59.1 Å². The summed E-state index contributed by atoms with van der Waals surface area (Å²) >= 11 is 0. The third kappa shape index (κ3) is 4.27. The lowest BCUT2D eigenvalue weighted by Gasteiger charge is -2.14. The number of nitriles is 1. The minimum absolute atomic E-state index is 0.0367.